The number of halogens is 1. The number of thiophene rings is 1. The first kappa shape index (κ1) is 9.25. The van der Waals surface area contributed by atoms with Crippen molar-refractivity contribution >= 4 is 46.5 Å². The van der Waals surface area contributed by atoms with Crippen LogP contribution in [0.1, 0.15) is 15.9 Å². The van der Waals surface area contributed by atoms with E-state index in [1.54, 1.807) is 11.3 Å². The summed E-state index contributed by atoms with van der Waals surface area (Å²) in [7, 11) is 0. The second kappa shape index (κ2) is 4.27. The van der Waals surface area contributed by atoms with Gasteiger partial charge in [-0.25, -0.2) is 0 Å². The lowest BCUT2D eigenvalue weighted by Crippen LogP contribution is -1.97. The van der Waals surface area contributed by atoms with E-state index in [1.165, 1.54) is 22.8 Å². The summed E-state index contributed by atoms with van der Waals surface area (Å²) in [5, 5.41) is 0. The Labute approximate surface area is 90.1 Å². The van der Waals surface area contributed by atoms with Crippen molar-refractivity contribution in [2.24, 2.45) is 0 Å². The highest BCUT2D eigenvalue weighted by atomic mass is 35.5. The highest BCUT2D eigenvalue weighted by Crippen LogP contribution is 2.46. The van der Waals surface area contributed by atoms with Crippen molar-refractivity contribution in [3.8, 4) is 0 Å². The average molecular weight is 237 g/mol. The molecule has 1 aliphatic heterocycles. The zero-order valence-electron chi connectivity index (χ0n) is 6.46. The molecule has 12 heavy (non-hydrogen) atoms. The van der Waals surface area contributed by atoms with E-state index in [0.717, 1.165) is 4.34 Å². The maximum atomic E-state index is 5.88. The topological polar surface area (TPSA) is 0 Å². The van der Waals surface area contributed by atoms with Crippen molar-refractivity contribution in [3.05, 3.63) is 21.3 Å². The lowest BCUT2D eigenvalue weighted by Gasteiger charge is -2.19. The molecule has 0 spiro atoms. The Kier molecular flexibility index (Phi) is 3.29. The molecule has 1 aromatic heterocycles. The molecule has 0 radical (unpaired) electrons. The average Bonchev–Trinajstić information content (AvgIpc) is 2.54. The van der Waals surface area contributed by atoms with Gasteiger partial charge < -0.3 is 0 Å². The Bertz CT molecular complexity index is 253. The van der Waals surface area contributed by atoms with Crippen LogP contribution in [0.5, 0.6) is 0 Å². The second-order valence-electron chi connectivity index (χ2n) is 2.57. The molecule has 0 N–H and O–H groups in total. The van der Waals surface area contributed by atoms with Crippen molar-refractivity contribution in [2.45, 2.75) is 11.0 Å². The van der Waals surface area contributed by atoms with Gasteiger partial charge in [-0.2, -0.15) is 0 Å². The lowest BCUT2D eigenvalue weighted by molar-refractivity contribution is 1.10. The smallest absolute Gasteiger partial charge is 0.0931 e. The molecule has 0 saturated carbocycles. The van der Waals surface area contributed by atoms with E-state index >= 15 is 0 Å². The normalized spacial score (nSPS) is 19.8. The van der Waals surface area contributed by atoms with E-state index in [-0.39, 0.29) is 0 Å². The molecular formula is C8H9ClS3. The van der Waals surface area contributed by atoms with E-state index < -0.39 is 0 Å². The van der Waals surface area contributed by atoms with Gasteiger partial charge >= 0.3 is 0 Å². The predicted molar refractivity (Wildman–Crippen MR) is 61.6 cm³/mol. The summed E-state index contributed by atoms with van der Waals surface area (Å²) in [5.74, 6) is 2.60. The third-order valence-electron chi connectivity index (χ3n) is 1.65. The van der Waals surface area contributed by atoms with Crippen LogP contribution in [-0.2, 0) is 0 Å². The van der Waals surface area contributed by atoms with Crippen LogP contribution in [0.2, 0.25) is 4.34 Å². The summed E-state index contributed by atoms with van der Waals surface area (Å²) in [4.78, 5) is 1.43. The lowest BCUT2D eigenvalue weighted by atomic mass is 10.5. The van der Waals surface area contributed by atoms with E-state index in [9.17, 15) is 0 Å². The molecule has 1 saturated heterocycles. The summed E-state index contributed by atoms with van der Waals surface area (Å²) < 4.78 is 1.56. The SMILES string of the molecule is Clc1ccc(C2SCCCS2)s1. The molecule has 1 fully saturated rings. The van der Waals surface area contributed by atoms with E-state index in [4.69, 9.17) is 11.6 Å². The van der Waals surface area contributed by atoms with E-state index in [2.05, 4.69) is 6.07 Å². The Hall–Kier alpha value is 0.690. The molecular weight excluding hydrogens is 228 g/mol. The molecule has 66 valence electrons. The third kappa shape index (κ3) is 2.13. The van der Waals surface area contributed by atoms with E-state index in [1.807, 2.05) is 29.6 Å². The fraction of sp³-hybridized carbons (Fsp3) is 0.500. The zero-order valence-corrected chi connectivity index (χ0v) is 9.66. The summed E-state index contributed by atoms with van der Waals surface area (Å²) >= 11 is 11.7. The first-order chi connectivity index (χ1) is 5.86. The molecule has 0 aliphatic carbocycles. The van der Waals surface area contributed by atoms with Gasteiger partial charge in [-0.1, -0.05) is 11.6 Å². The standard InChI is InChI=1S/C8H9ClS3/c9-7-3-2-6(12-7)8-10-4-1-5-11-8/h2-3,8H,1,4-5H2. The molecule has 4 heteroatoms. The number of thioether (sulfide) groups is 2. The first-order valence-corrected chi connectivity index (χ1v) is 7.14. The first-order valence-electron chi connectivity index (χ1n) is 3.85. The minimum Gasteiger partial charge on any atom is -0.142 e. The summed E-state index contributed by atoms with van der Waals surface area (Å²) in [6.45, 7) is 0. The fourth-order valence-corrected chi connectivity index (χ4v) is 5.41. The van der Waals surface area contributed by atoms with Crippen molar-refractivity contribution in [2.75, 3.05) is 11.5 Å². The van der Waals surface area contributed by atoms with Gasteiger partial charge in [0.2, 0.25) is 0 Å². The molecule has 0 atom stereocenters. The molecule has 0 aromatic carbocycles. The molecule has 0 nitrogen and oxygen atoms in total. The summed E-state index contributed by atoms with van der Waals surface area (Å²) in [6.07, 6.45) is 1.35. The fourth-order valence-electron chi connectivity index (χ4n) is 1.11. The van der Waals surface area contributed by atoms with Gasteiger partial charge in [0.05, 0.1) is 8.92 Å². The van der Waals surface area contributed by atoms with Gasteiger partial charge in [-0.3, -0.25) is 0 Å². The summed E-state index contributed by atoms with van der Waals surface area (Å²) in [6, 6.07) is 4.15. The third-order valence-corrected chi connectivity index (χ3v) is 6.23. The van der Waals surface area contributed by atoms with Crippen molar-refractivity contribution < 1.29 is 0 Å². The van der Waals surface area contributed by atoms with E-state index in [0.29, 0.717) is 4.58 Å². The maximum Gasteiger partial charge on any atom is 0.0931 e. The van der Waals surface area contributed by atoms with Crippen molar-refractivity contribution in [1.82, 2.24) is 0 Å². The van der Waals surface area contributed by atoms with Crippen LogP contribution in [0.25, 0.3) is 0 Å². The largest absolute Gasteiger partial charge is 0.142 e. The second-order valence-corrected chi connectivity index (χ2v) is 7.04. The van der Waals surface area contributed by atoms with Crippen LogP contribution < -0.4 is 0 Å². The molecule has 2 heterocycles. The quantitative estimate of drug-likeness (QED) is 0.714. The molecule has 1 aromatic rings. The number of hydrogen-bond donors (Lipinski definition) is 0. The predicted octanol–water partition coefficient (Wildman–Crippen LogP) is 4.27. The van der Waals surface area contributed by atoms with Gasteiger partial charge in [-0.05, 0) is 30.1 Å². The Morgan fingerprint density at radius 1 is 1.25 bits per heavy atom. The van der Waals surface area contributed by atoms with Gasteiger partial charge in [-0.15, -0.1) is 34.9 Å². The summed E-state index contributed by atoms with van der Waals surface area (Å²) in [5.41, 5.74) is 0. The van der Waals surface area contributed by atoms with Crippen LogP contribution in [0, 0.1) is 0 Å². The highest BCUT2D eigenvalue weighted by Gasteiger charge is 2.17. The van der Waals surface area contributed by atoms with Crippen LogP contribution in [-0.4, -0.2) is 11.5 Å². The van der Waals surface area contributed by atoms with Gasteiger partial charge in [0, 0.05) is 4.88 Å². The van der Waals surface area contributed by atoms with Crippen molar-refractivity contribution in [1.29, 1.82) is 0 Å². The van der Waals surface area contributed by atoms with Crippen LogP contribution >= 0.6 is 46.5 Å². The number of hydrogen-bond acceptors (Lipinski definition) is 3. The number of rotatable bonds is 1. The minimum absolute atomic E-state index is 0.649. The zero-order chi connectivity index (χ0) is 8.39. The Balaban J connectivity index is 2.08. The van der Waals surface area contributed by atoms with Gasteiger partial charge in [0.15, 0.2) is 0 Å². The van der Waals surface area contributed by atoms with Crippen LogP contribution in [0.3, 0.4) is 0 Å². The molecule has 0 unspecified atom stereocenters. The van der Waals surface area contributed by atoms with Crippen molar-refractivity contribution in [3.63, 3.8) is 0 Å². The molecule has 2 rings (SSSR count). The maximum absolute atomic E-state index is 5.88. The Morgan fingerprint density at radius 3 is 2.58 bits per heavy atom. The molecule has 1 aliphatic rings. The Morgan fingerprint density at radius 2 is 2.00 bits per heavy atom. The van der Waals surface area contributed by atoms with Crippen LogP contribution in [0.4, 0.5) is 0 Å². The molecule has 0 amide bonds. The monoisotopic (exact) mass is 236 g/mol. The van der Waals surface area contributed by atoms with Crippen LogP contribution in [0.15, 0.2) is 12.1 Å². The van der Waals surface area contributed by atoms with Gasteiger partial charge in [0.25, 0.3) is 0 Å². The minimum atomic E-state index is 0.649. The highest BCUT2D eigenvalue weighted by molar-refractivity contribution is 8.17. The molecule has 0 bridgehead atoms. The van der Waals surface area contributed by atoms with Gasteiger partial charge in [0.1, 0.15) is 0 Å².